The molecule has 22 heavy (non-hydrogen) atoms. The number of H-pyrrole nitrogens is 1. The lowest BCUT2D eigenvalue weighted by Crippen LogP contribution is -2.12. The van der Waals surface area contributed by atoms with Gasteiger partial charge in [-0.1, -0.05) is 6.92 Å². The highest BCUT2D eigenvalue weighted by atomic mass is 32.1. The normalized spacial score (nSPS) is 11.0. The summed E-state index contributed by atoms with van der Waals surface area (Å²) in [6, 6.07) is 6.41. The lowest BCUT2D eigenvalue weighted by molar-refractivity contribution is 0.628. The van der Waals surface area contributed by atoms with Crippen molar-refractivity contribution in [1.82, 2.24) is 20.5 Å². The van der Waals surface area contributed by atoms with Gasteiger partial charge in [-0.2, -0.15) is 5.10 Å². The minimum Gasteiger partial charge on any atom is -0.306 e. The van der Waals surface area contributed by atoms with Crippen LogP contribution in [0.3, 0.4) is 0 Å². The van der Waals surface area contributed by atoms with Crippen molar-refractivity contribution in [2.45, 2.75) is 26.4 Å². The Balaban J connectivity index is 1.64. The van der Waals surface area contributed by atoms with Crippen LogP contribution in [-0.4, -0.2) is 15.2 Å². The molecule has 2 aromatic heterocycles. The molecule has 3 rings (SSSR count). The molecule has 0 amide bonds. The second-order valence-corrected chi connectivity index (χ2v) is 5.91. The van der Waals surface area contributed by atoms with Crippen molar-refractivity contribution in [1.29, 1.82) is 0 Å². The van der Waals surface area contributed by atoms with Crippen molar-refractivity contribution in [2.75, 3.05) is 0 Å². The Morgan fingerprint density at radius 2 is 2.05 bits per heavy atom. The molecule has 0 aliphatic heterocycles. The molecule has 0 aliphatic rings. The lowest BCUT2D eigenvalue weighted by Gasteiger charge is -2.04. The number of hydrogen-bond donors (Lipinski definition) is 2. The summed E-state index contributed by atoms with van der Waals surface area (Å²) < 4.78 is 13.0. The zero-order valence-electron chi connectivity index (χ0n) is 12.3. The molecule has 2 heterocycles. The van der Waals surface area contributed by atoms with Crippen molar-refractivity contribution in [3.63, 3.8) is 0 Å². The smallest absolute Gasteiger partial charge is 0.123 e. The average molecular weight is 316 g/mol. The highest BCUT2D eigenvalue weighted by Gasteiger charge is 2.08. The van der Waals surface area contributed by atoms with E-state index in [0.29, 0.717) is 6.54 Å². The number of aryl methyl sites for hydroxylation is 1. The molecule has 2 N–H and O–H groups in total. The first-order valence-electron chi connectivity index (χ1n) is 7.18. The third-order valence-corrected chi connectivity index (χ3v) is 4.30. The van der Waals surface area contributed by atoms with E-state index in [2.05, 4.69) is 32.8 Å². The van der Waals surface area contributed by atoms with E-state index < -0.39 is 0 Å². The molecule has 4 nitrogen and oxygen atoms in total. The van der Waals surface area contributed by atoms with Gasteiger partial charge in [0.05, 0.1) is 17.6 Å². The Hall–Kier alpha value is -2.05. The molecular formula is C16H17FN4S. The molecule has 6 heteroatoms. The zero-order chi connectivity index (χ0) is 15.4. The summed E-state index contributed by atoms with van der Waals surface area (Å²) in [4.78, 5) is 4.53. The van der Waals surface area contributed by atoms with Crippen LogP contribution in [0.4, 0.5) is 4.39 Å². The maximum absolute atomic E-state index is 13.0. The van der Waals surface area contributed by atoms with E-state index in [-0.39, 0.29) is 5.82 Å². The number of halogens is 1. The molecule has 0 saturated heterocycles. The van der Waals surface area contributed by atoms with Crippen molar-refractivity contribution in [2.24, 2.45) is 0 Å². The SMILES string of the molecule is CCc1csc(CNCc2cn[nH]c2-c2ccc(F)cc2)n1. The second kappa shape index (κ2) is 6.81. The fourth-order valence-electron chi connectivity index (χ4n) is 2.21. The van der Waals surface area contributed by atoms with E-state index in [4.69, 9.17) is 0 Å². The molecular weight excluding hydrogens is 299 g/mol. The summed E-state index contributed by atoms with van der Waals surface area (Å²) in [7, 11) is 0. The maximum atomic E-state index is 13.0. The molecule has 0 unspecified atom stereocenters. The molecule has 0 radical (unpaired) electrons. The van der Waals surface area contributed by atoms with Gasteiger partial charge >= 0.3 is 0 Å². The van der Waals surface area contributed by atoms with Crippen molar-refractivity contribution in [3.8, 4) is 11.3 Å². The van der Waals surface area contributed by atoms with Crippen LogP contribution in [-0.2, 0) is 19.5 Å². The van der Waals surface area contributed by atoms with Gasteiger partial charge in [0.2, 0.25) is 0 Å². The van der Waals surface area contributed by atoms with Gasteiger partial charge in [-0.15, -0.1) is 11.3 Å². The molecule has 0 bridgehead atoms. The van der Waals surface area contributed by atoms with Gasteiger partial charge in [-0.3, -0.25) is 5.10 Å². The molecule has 1 aromatic carbocycles. The van der Waals surface area contributed by atoms with Gasteiger partial charge in [0.15, 0.2) is 0 Å². The number of benzene rings is 1. The van der Waals surface area contributed by atoms with Gasteiger partial charge in [-0.25, -0.2) is 9.37 Å². The van der Waals surface area contributed by atoms with Crippen LogP contribution < -0.4 is 5.32 Å². The maximum Gasteiger partial charge on any atom is 0.123 e. The molecule has 114 valence electrons. The average Bonchev–Trinajstić information content (AvgIpc) is 3.17. The van der Waals surface area contributed by atoms with Gasteiger partial charge in [0, 0.05) is 29.6 Å². The minimum atomic E-state index is -0.238. The summed E-state index contributed by atoms with van der Waals surface area (Å²) in [6.45, 7) is 3.52. The number of rotatable bonds is 6. The van der Waals surface area contributed by atoms with Crippen molar-refractivity contribution < 1.29 is 4.39 Å². The predicted octanol–water partition coefficient (Wildman–Crippen LogP) is 3.52. The first-order chi connectivity index (χ1) is 10.8. The Morgan fingerprint density at radius 1 is 1.23 bits per heavy atom. The van der Waals surface area contributed by atoms with Gasteiger partial charge < -0.3 is 5.32 Å². The molecule has 3 aromatic rings. The largest absolute Gasteiger partial charge is 0.306 e. The van der Waals surface area contributed by atoms with Crippen LogP contribution in [0.5, 0.6) is 0 Å². The molecule has 0 spiro atoms. The van der Waals surface area contributed by atoms with E-state index in [1.54, 1.807) is 29.7 Å². The molecule has 0 fully saturated rings. The number of hydrogen-bond acceptors (Lipinski definition) is 4. The van der Waals surface area contributed by atoms with Crippen LogP contribution in [0, 0.1) is 5.82 Å². The third kappa shape index (κ3) is 3.40. The minimum absolute atomic E-state index is 0.238. The molecule has 0 atom stereocenters. The fourth-order valence-corrected chi connectivity index (χ4v) is 3.06. The Labute approximate surface area is 132 Å². The Kier molecular flexibility index (Phi) is 4.60. The number of nitrogens with zero attached hydrogens (tertiary/aromatic N) is 2. The first kappa shape index (κ1) is 14.9. The number of thiazole rings is 1. The fraction of sp³-hybridized carbons (Fsp3) is 0.250. The van der Waals surface area contributed by atoms with Crippen molar-refractivity contribution >= 4 is 11.3 Å². The Bertz CT molecular complexity index is 733. The van der Waals surface area contributed by atoms with E-state index in [1.165, 1.54) is 12.1 Å². The van der Waals surface area contributed by atoms with Crippen LogP contribution in [0.25, 0.3) is 11.3 Å². The van der Waals surface area contributed by atoms with Gasteiger partial charge in [-0.05, 0) is 30.7 Å². The van der Waals surface area contributed by atoms with Crippen LogP contribution in [0.1, 0.15) is 23.2 Å². The number of aromatic amines is 1. The van der Waals surface area contributed by atoms with Crippen LogP contribution >= 0.6 is 11.3 Å². The van der Waals surface area contributed by atoms with E-state index in [9.17, 15) is 4.39 Å². The summed E-state index contributed by atoms with van der Waals surface area (Å²) >= 11 is 1.67. The third-order valence-electron chi connectivity index (χ3n) is 3.40. The zero-order valence-corrected chi connectivity index (χ0v) is 13.1. The monoisotopic (exact) mass is 316 g/mol. The highest BCUT2D eigenvalue weighted by Crippen LogP contribution is 2.21. The summed E-state index contributed by atoms with van der Waals surface area (Å²) in [5.74, 6) is -0.238. The second-order valence-electron chi connectivity index (χ2n) is 4.97. The van der Waals surface area contributed by atoms with Crippen molar-refractivity contribution in [3.05, 3.63) is 57.9 Å². The first-order valence-corrected chi connectivity index (χ1v) is 8.06. The van der Waals surface area contributed by atoms with E-state index >= 15 is 0 Å². The highest BCUT2D eigenvalue weighted by molar-refractivity contribution is 7.09. The summed E-state index contributed by atoms with van der Waals surface area (Å²) in [5, 5.41) is 13.6. The van der Waals surface area contributed by atoms with E-state index in [1.807, 2.05) is 0 Å². The Morgan fingerprint density at radius 3 is 2.77 bits per heavy atom. The predicted molar refractivity (Wildman–Crippen MR) is 86.0 cm³/mol. The van der Waals surface area contributed by atoms with Crippen LogP contribution in [0.2, 0.25) is 0 Å². The van der Waals surface area contributed by atoms with Crippen LogP contribution in [0.15, 0.2) is 35.8 Å². The number of nitrogens with one attached hydrogen (secondary N) is 2. The molecule has 0 saturated carbocycles. The molecule has 0 aliphatic carbocycles. The summed E-state index contributed by atoms with van der Waals surface area (Å²) in [5.41, 5.74) is 4.04. The number of aromatic nitrogens is 3. The summed E-state index contributed by atoms with van der Waals surface area (Å²) in [6.07, 6.45) is 2.76. The topological polar surface area (TPSA) is 53.6 Å². The van der Waals surface area contributed by atoms with Gasteiger partial charge in [0.25, 0.3) is 0 Å². The van der Waals surface area contributed by atoms with E-state index in [0.717, 1.165) is 40.5 Å². The van der Waals surface area contributed by atoms with Gasteiger partial charge in [0.1, 0.15) is 10.8 Å². The quantitative estimate of drug-likeness (QED) is 0.731. The lowest BCUT2D eigenvalue weighted by atomic mass is 10.1. The standard InChI is InChI=1S/C16H17FN4S/c1-2-14-10-22-15(20-14)9-18-7-12-8-19-21-16(12)11-3-5-13(17)6-4-11/h3-6,8,10,18H,2,7,9H2,1H3,(H,19,21).